The van der Waals surface area contributed by atoms with Gasteiger partial charge in [-0.2, -0.15) is 0 Å². The van der Waals surface area contributed by atoms with Crippen molar-refractivity contribution >= 4 is 0 Å². The second-order valence-corrected chi connectivity index (χ2v) is 4.61. The van der Waals surface area contributed by atoms with Crippen LogP contribution < -0.4 is 5.32 Å². The lowest BCUT2D eigenvalue weighted by molar-refractivity contribution is 0.0337. The van der Waals surface area contributed by atoms with Gasteiger partial charge >= 0.3 is 0 Å². The third-order valence-corrected chi connectivity index (χ3v) is 2.85. The quantitative estimate of drug-likeness (QED) is 0.597. The van der Waals surface area contributed by atoms with Crippen molar-refractivity contribution in [3.05, 3.63) is 35.4 Å². The molecule has 20 heavy (non-hydrogen) atoms. The zero-order chi connectivity index (χ0) is 14.5. The van der Waals surface area contributed by atoms with Gasteiger partial charge in [-0.25, -0.2) is 0 Å². The van der Waals surface area contributed by atoms with Crippen LogP contribution in [0.15, 0.2) is 24.3 Å². The molecule has 114 valence electrons. The lowest BCUT2D eigenvalue weighted by atomic mass is 10.1. The molecule has 4 heteroatoms. The molecule has 0 fully saturated rings. The van der Waals surface area contributed by atoms with Crippen molar-refractivity contribution in [2.45, 2.75) is 26.5 Å². The molecule has 0 aliphatic carbocycles. The number of nitrogens with one attached hydrogen (secondary N) is 1. The van der Waals surface area contributed by atoms with Crippen LogP contribution in [0.4, 0.5) is 0 Å². The Labute approximate surface area is 122 Å². The van der Waals surface area contributed by atoms with E-state index in [2.05, 4.69) is 36.5 Å². The van der Waals surface area contributed by atoms with Gasteiger partial charge < -0.3 is 19.5 Å². The summed E-state index contributed by atoms with van der Waals surface area (Å²) in [6.07, 6.45) is 0.934. The molecule has 0 saturated carbocycles. The first-order valence-corrected chi connectivity index (χ1v) is 7.29. The second kappa shape index (κ2) is 11.9. The Morgan fingerprint density at radius 2 is 1.80 bits per heavy atom. The van der Waals surface area contributed by atoms with Crippen LogP contribution in [0, 0.1) is 0 Å². The maximum Gasteiger partial charge on any atom is 0.0718 e. The molecule has 0 amide bonds. The number of rotatable bonds is 12. The summed E-state index contributed by atoms with van der Waals surface area (Å²) < 4.78 is 16.0. The summed E-state index contributed by atoms with van der Waals surface area (Å²) in [5.41, 5.74) is 2.50. The zero-order valence-corrected chi connectivity index (χ0v) is 12.7. The van der Waals surface area contributed by atoms with E-state index in [9.17, 15) is 0 Å². The van der Waals surface area contributed by atoms with Crippen LogP contribution in [0.3, 0.4) is 0 Å². The molecule has 4 nitrogen and oxygen atoms in total. The zero-order valence-electron chi connectivity index (χ0n) is 12.7. The van der Waals surface area contributed by atoms with E-state index in [1.165, 1.54) is 11.1 Å². The molecule has 1 aromatic carbocycles. The number of hydrogen-bond acceptors (Lipinski definition) is 4. The Hall–Kier alpha value is -0.940. The Morgan fingerprint density at radius 1 is 1.00 bits per heavy atom. The topological polar surface area (TPSA) is 39.7 Å². The first-order valence-electron chi connectivity index (χ1n) is 7.29. The fourth-order valence-electron chi connectivity index (χ4n) is 1.81. The second-order valence-electron chi connectivity index (χ2n) is 4.61. The first kappa shape index (κ1) is 17.1. The Balaban J connectivity index is 2.09. The normalized spacial score (nSPS) is 10.9. The van der Waals surface area contributed by atoms with Crippen molar-refractivity contribution in [1.29, 1.82) is 0 Å². The minimum absolute atomic E-state index is 0.629. The van der Waals surface area contributed by atoms with Crippen LogP contribution >= 0.6 is 0 Å². The lowest BCUT2D eigenvalue weighted by Gasteiger charge is -2.08. The number of hydrogen-bond donors (Lipinski definition) is 1. The van der Waals surface area contributed by atoms with E-state index in [4.69, 9.17) is 14.2 Å². The van der Waals surface area contributed by atoms with Crippen molar-refractivity contribution in [2.24, 2.45) is 0 Å². The molecule has 0 spiro atoms. The lowest BCUT2D eigenvalue weighted by Crippen LogP contribution is -2.12. The van der Waals surface area contributed by atoms with Gasteiger partial charge in [0.05, 0.1) is 19.8 Å². The summed E-state index contributed by atoms with van der Waals surface area (Å²) in [5, 5.41) is 3.32. The summed E-state index contributed by atoms with van der Waals surface area (Å²) in [6.45, 7) is 7.40. The summed E-state index contributed by atoms with van der Waals surface area (Å²) in [7, 11) is 1.70. The Bertz CT molecular complexity index is 344. The molecule has 0 radical (unpaired) electrons. The van der Waals surface area contributed by atoms with E-state index in [1.807, 2.05) is 0 Å². The maximum absolute atomic E-state index is 5.61. The molecule has 1 N–H and O–H groups in total. The highest BCUT2D eigenvalue weighted by Crippen LogP contribution is 2.06. The minimum Gasteiger partial charge on any atom is -0.385 e. The predicted octanol–water partition coefficient (Wildman–Crippen LogP) is 2.37. The van der Waals surface area contributed by atoms with Gasteiger partial charge in [-0.15, -0.1) is 0 Å². The molecule has 0 saturated heterocycles. The highest BCUT2D eigenvalue weighted by Gasteiger charge is 1.97. The number of benzene rings is 1. The third kappa shape index (κ3) is 8.27. The average molecular weight is 281 g/mol. The molecule has 0 aliphatic heterocycles. The SMILES string of the molecule is CCNCc1cccc(COCCOCCCOC)c1. The van der Waals surface area contributed by atoms with E-state index in [0.29, 0.717) is 19.8 Å². The molecule has 0 aliphatic rings. The molecule has 0 aromatic heterocycles. The average Bonchev–Trinajstić information content (AvgIpc) is 2.48. The molecule has 1 rings (SSSR count). The number of methoxy groups -OCH3 is 1. The van der Waals surface area contributed by atoms with E-state index in [-0.39, 0.29) is 0 Å². The summed E-state index contributed by atoms with van der Waals surface area (Å²) in [6, 6.07) is 8.48. The molecular formula is C16H27NO3. The fraction of sp³-hybridized carbons (Fsp3) is 0.625. The largest absolute Gasteiger partial charge is 0.385 e. The fourth-order valence-corrected chi connectivity index (χ4v) is 1.81. The Morgan fingerprint density at radius 3 is 2.60 bits per heavy atom. The summed E-state index contributed by atoms with van der Waals surface area (Å²) in [4.78, 5) is 0. The molecule has 0 heterocycles. The standard InChI is InChI=1S/C16H27NO3/c1-3-17-13-15-6-4-7-16(12-15)14-20-11-10-19-9-5-8-18-2/h4,6-7,12,17H,3,5,8-11,13-14H2,1-2H3. The first-order chi connectivity index (χ1) is 9.86. The van der Waals surface area contributed by atoms with Crippen molar-refractivity contribution in [1.82, 2.24) is 5.32 Å². The van der Waals surface area contributed by atoms with Crippen LogP contribution in [0.1, 0.15) is 24.5 Å². The van der Waals surface area contributed by atoms with Crippen molar-refractivity contribution in [2.75, 3.05) is 40.1 Å². The van der Waals surface area contributed by atoms with Crippen molar-refractivity contribution in [3.8, 4) is 0 Å². The van der Waals surface area contributed by atoms with Gasteiger partial charge in [0.15, 0.2) is 0 Å². The smallest absolute Gasteiger partial charge is 0.0718 e. The van der Waals surface area contributed by atoms with Crippen molar-refractivity contribution in [3.63, 3.8) is 0 Å². The van der Waals surface area contributed by atoms with E-state index in [0.717, 1.165) is 32.7 Å². The van der Waals surface area contributed by atoms with Gasteiger partial charge in [-0.3, -0.25) is 0 Å². The molecular weight excluding hydrogens is 254 g/mol. The van der Waals surface area contributed by atoms with Crippen LogP contribution in [-0.4, -0.2) is 40.1 Å². The van der Waals surface area contributed by atoms with Crippen molar-refractivity contribution < 1.29 is 14.2 Å². The Kier molecular flexibility index (Phi) is 10.1. The minimum atomic E-state index is 0.629. The van der Waals surface area contributed by atoms with Gasteiger partial charge in [0.25, 0.3) is 0 Å². The van der Waals surface area contributed by atoms with Gasteiger partial charge in [-0.05, 0) is 24.1 Å². The highest BCUT2D eigenvalue weighted by molar-refractivity contribution is 5.22. The molecule has 1 aromatic rings. The monoisotopic (exact) mass is 281 g/mol. The van der Waals surface area contributed by atoms with E-state index >= 15 is 0 Å². The van der Waals surface area contributed by atoms with Gasteiger partial charge in [0.1, 0.15) is 0 Å². The van der Waals surface area contributed by atoms with Crippen LogP contribution in [0.25, 0.3) is 0 Å². The number of ether oxygens (including phenoxy) is 3. The molecule has 0 atom stereocenters. The van der Waals surface area contributed by atoms with Crippen LogP contribution in [0.5, 0.6) is 0 Å². The summed E-state index contributed by atoms with van der Waals surface area (Å²) >= 11 is 0. The molecule has 0 bridgehead atoms. The summed E-state index contributed by atoms with van der Waals surface area (Å²) in [5.74, 6) is 0. The van der Waals surface area contributed by atoms with Gasteiger partial charge in [0.2, 0.25) is 0 Å². The van der Waals surface area contributed by atoms with Crippen LogP contribution in [0.2, 0.25) is 0 Å². The van der Waals surface area contributed by atoms with E-state index < -0.39 is 0 Å². The van der Waals surface area contributed by atoms with E-state index in [1.54, 1.807) is 7.11 Å². The predicted molar refractivity (Wildman–Crippen MR) is 80.8 cm³/mol. The van der Waals surface area contributed by atoms with Gasteiger partial charge in [0, 0.05) is 26.9 Å². The van der Waals surface area contributed by atoms with Gasteiger partial charge in [-0.1, -0.05) is 31.2 Å². The maximum atomic E-state index is 5.61. The highest BCUT2D eigenvalue weighted by atomic mass is 16.5. The van der Waals surface area contributed by atoms with Crippen LogP contribution in [-0.2, 0) is 27.4 Å². The third-order valence-electron chi connectivity index (χ3n) is 2.85. The molecule has 0 unspecified atom stereocenters.